The third kappa shape index (κ3) is 2.95. The van der Waals surface area contributed by atoms with Gasteiger partial charge in [-0.25, -0.2) is 4.79 Å². The molecule has 0 fully saturated rings. The quantitative estimate of drug-likeness (QED) is 0.341. The van der Waals surface area contributed by atoms with Gasteiger partial charge >= 0.3 is 5.63 Å². The minimum atomic E-state index is -0.410. The van der Waals surface area contributed by atoms with E-state index < -0.39 is 5.63 Å². The van der Waals surface area contributed by atoms with Crippen molar-refractivity contribution in [2.75, 3.05) is 12.8 Å². The number of rotatable bonds is 4. The SMILES string of the molecule is COc1ccc(COc2ccc3c(c2)oc(=O)c2cc(N)ccc23)cc1. The molecule has 130 valence electrons. The molecule has 0 atom stereocenters. The lowest BCUT2D eigenvalue weighted by Gasteiger charge is -2.09. The van der Waals surface area contributed by atoms with Gasteiger partial charge in [0.05, 0.1) is 12.5 Å². The van der Waals surface area contributed by atoms with E-state index in [-0.39, 0.29) is 0 Å². The number of anilines is 1. The van der Waals surface area contributed by atoms with E-state index in [4.69, 9.17) is 19.6 Å². The molecule has 1 heterocycles. The van der Waals surface area contributed by atoms with Gasteiger partial charge in [-0.05, 0) is 42.0 Å². The van der Waals surface area contributed by atoms with Gasteiger partial charge in [-0.1, -0.05) is 18.2 Å². The summed E-state index contributed by atoms with van der Waals surface area (Å²) in [6.45, 7) is 0.407. The van der Waals surface area contributed by atoms with Gasteiger partial charge in [0, 0.05) is 22.5 Å². The van der Waals surface area contributed by atoms with Crippen LogP contribution in [0.15, 0.2) is 69.9 Å². The fourth-order valence-corrected chi connectivity index (χ4v) is 2.91. The number of hydrogen-bond acceptors (Lipinski definition) is 5. The second-order valence-electron chi connectivity index (χ2n) is 5.99. The molecule has 0 saturated carbocycles. The molecular formula is C21H17NO4. The Balaban J connectivity index is 1.65. The highest BCUT2D eigenvalue weighted by Gasteiger charge is 2.09. The van der Waals surface area contributed by atoms with Crippen molar-refractivity contribution < 1.29 is 13.9 Å². The average molecular weight is 347 g/mol. The molecule has 0 saturated heterocycles. The van der Waals surface area contributed by atoms with Crippen molar-refractivity contribution in [1.29, 1.82) is 0 Å². The molecule has 0 aliphatic rings. The maximum absolute atomic E-state index is 12.2. The molecule has 0 aliphatic carbocycles. The Hall–Kier alpha value is -3.47. The van der Waals surface area contributed by atoms with Crippen molar-refractivity contribution in [2.24, 2.45) is 0 Å². The van der Waals surface area contributed by atoms with Crippen molar-refractivity contribution in [3.8, 4) is 11.5 Å². The third-order valence-electron chi connectivity index (χ3n) is 4.27. The Kier molecular flexibility index (Phi) is 3.97. The average Bonchev–Trinajstić information content (AvgIpc) is 2.67. The van der Waals surface area contributed by atoms with Crippen LogP contribution in [0.1, 0.15) is 5.56 Å². The van der Waals surface area contributed by atoms with Crippen LogP contribution >= 0.6 is 0 Å². The van der Waals surface area contributed by atoms with Gasteiger partial charge in [0.1, 0.15) is 23.7 Å². The van der Waals surface area contributed by atoms with Crippen molar-refractivity contribution >= 4 is 27.4 Å². The molecule has 0 spiro atoms. The van der Waals surface area contributed by atoms with E-state index in [2.05, 4.69) is 0 Å². The second kappa shape index (κ2) is 6.44. The van der Waals surface area contributed by atoms with Crippen LogP contribution in [0.4, 0.5) is 5.69 Å². The first-order valence-electron chi connectivity index (χ1n) is 8.16. The summed E-state index contributed by atoms with van der Waals surface area (Å²) in [5.41, 5.74) is 7.39. The van der Waals surface area contributed by atoms with Gasteiger partial charge in [-0.2, -0.15) is 0 Å². The number of nitrogen functional groups attached to an aromatic ring is 1. The minimum Gasteiger partial charge on any atom is -0.497 e. The maximum atomic E-state index is 12.2. The predicted molar refractivity (Wildman–Crippen MR) is 102 cm³/mol. The molecule has 5 heteroatoms. The second-order valence-corrected chi connectivity index (χ2v) is 5.99. The van der Waals surface area contributed by atoms with E-state index in [1.807, 2.05) is 42.5 Å². The highest BCUT2D eigenvalue weighted by Crippen LogP contribution is 2.27. The van der Waals surface area contributed by atoms with Gasteiger partial charge in [-0.15, -0.1) is 0 Å². The van der Waals surface area contributed by atoms with Crippen LogP contribution in [-0.4, -0.2) is 7.11 Å². The molecule has 0 radical (unpaired) electrons. The normalized spacial score (nSPS) is 11.0. The Morgan fingerprint density at radius 3 is 2.38 bits per heavy atom. The Morgan fingerprint density at radius 2 is 1.62 bits per heavy atom. The highest BCUT2D eigenvalue weighted by molar-refractivity contribution is 6.05. The lowest BCUT2D eigenvalue weighted by Crippen LogP contribution is -2.01. The maximum Gasteiger partial charge on any atom is 0.344 e. The minimum absolute atomic E-state index is 0.407. The summed E-state index contributed by atoms with van der Waals surface area (Å²) in [6.07, 6.45) is 0. The first kappa shape index (κ1) is 16.0. The molecule has 0 aliphatic heterocycles. The van der Waals surface area contributed by atoms with E-state index in [9.17, 15) is 4.79 Å². The first-order chi connectivity index (χ1) is 12.6. The summed E-state index contributed by atoms with van der Waals surface area (Å²) in [5, 5.41) is 2.13. The van der Waals surface area contributed by atoms with Crippen LogP contribution in [-0.2, 0) is 6.61 Å². The predicted octanol–water partition coefficient (Wildman–Crippen LogP) is 4.12. The molecule has 0 unspecified atom stereocenters. The van der Waals surface area contributed by atoms with E-state index in [0.29, 0.717) is 29.0 Å². The van der Waals surface area contributed by atoms with E-state index >= 15 is 0 Å². The zero-order chi connectivity index (χ0) is 18.1. The molecule has 1 aromatic heterocycles. The summed E-state index contributed by atoms with van der Waals surface area (Å²) in [4.78, 5) is 12.2. The van der Waals surface area contributed by atoms with Crippen LogP contribution < -0.4 is 20.8 Å². The first-order valence-corrected chi connectivity index (χ1v) is 8.16. The topological polar surface area (TPSA) is 74.7 Å². The number of methoxy groups -OCH3 is 1. The lowest BCUT2D eigenvalue weighted by molar-refractivity contribution is 0.306. The lowest BCUT2D eigenvalue weighted by atomic mass is 10.1. The molecular weight excluding hydrogens is 330 g/mol. The molecule has 2 N–H and O–H groups in total. The Bertz CT molecular complexity index is 1150. The molecule has 3 aromatic carbocycles. The van der Waals surface area contributed by atoms with Crippen LogP contribution in [0.5, 0.6) is 11.5 Å². The van der Waals surface area contributed by atoms with Gasteiger partial charge in [0.25, 0.3) is 0 Å². The fraction of sp³-hybridized carbons (Fsp3) is 0.0952. The van der Waals surface area contributed by atoms with Crippen LogP contribution in [0.3, 0.4) is 0 Å². The smallest absolute Gasteiger partial charge is 0.344 e. The Morgan fingerprint density at radius 1 is 0.885 bits per heavy atom. The summed E-state index contributed by atoms with van der Waals surface area (Å²) < 4.78 is 16.4. The van der Waals surface area contributed by atoms with Gasteiger partial charge in [0.15, 0.2) is 0 Å². The Labute approximate surface area is 149 Å². The highest BCUT2D eigenvalue weighted by atomic mass is 16.5. The van der Waals surface area contributed by atoms with Gasteiger partial charge < -0.3 is 19.6 Å². The largest absolute Gasteiger partial charge is 0.497 e. The van der Waals surface area contributed by atoms with Gasteiger partial charge in [0.2, 0.25) is 0 Å². The molecule has 4 rings (SSSR count). The number of benzene rings is 3. The molecule has 0 amide bonds. The van der Waals surface area contributed by atoms with Crippen molar-refractivity contribution in [2.45, 2.75) is 6.61 Å². The van der Waals surface area contributed by atoms with Crippen LogP contribution in [0.2, 0.25) is 0 Å². The third-order valence-corrected chi connectivity index (χ3v) is 4.27. The summed E-state index contributed by atoms with van der Waals surface area (Å²) in [7, 11) is 1.63. The van der Waals surface area contributed by atoms with E-state index in [0.717, 1.165) is 22.1 Å². The molecule has 4 aromatic rings. The molecule has 0 bridgehead atoms. The zero-order valence-electron chi connectivity index (χ0n) is 14.2. The summed E-state index contributed by atoms with van der Waals surface area (Å²) >= 11 is 0. The summed E-state index contributed by atoms with van der Waals surface area (Å²) in [5.74, 6) is 1.43. The summed E-state index contributed by atoms with van der Waals surface area (Å²) in [6, 6.07) is 18.4. The van der Waals surface area contributed by atoms with E-state index in [1.54, 1.807) is 25.3 Å². The van der Waals surface area contributed by atoms with Crippen LogP contribution in [0, 0.1) is 0 Å². The zero-order valence-corrected chi connectivity index (χ0v) is 14.2. The van der Waals surface area contributed by atoms with E-state index in [1.165, 1.54) is 0 Å². The number of nitrogens with two attached hydrogens (primary N) is 1. The van der Waals surface area contributed by atoms with Crippen molar-refractivity contribution in [3.63, 3.8) is 0 Å². The standard InChI is InChI=1S/C21H17NO4/c1-24-15-5-2-13(3-6-15)12-25-16-7-9-18-17-8-4-14(22)10-19(17)21(23)26-20(18)11-16/h2-11H,12,22H2,1H3. The van der Waals surface area contributed by atoms with Crippen molar-refractivity contribution in [1.82, 2.24) is 0 Å². The number of ether oxygens (including phenoxy) is 2. The fourth-order valence-electron chi connectivity index (χ4n) is 2.91. The van der Waals surface area contributed by atoms with Crippen molar-refractivity contribution in [3.05, 3.63) is 76.6 Å². The molecule has 5 nitrogen and oxygen atoms in total. The van der Waals surface area contributed by atoms with Gasteiger partial charge in [-0.3, -0.25) is 0 Å². The monoisotopic (exact) mass is 347 g/mol. The number of hydrogen-bond donors (Lipinski definition) is 1. The number of fused-ring (bicyclic) bond motifs is 3. The van der Waals surface area contributed by atoms with Crippen LogP contribution in [0.25, 0.3) is 21.7 Å². The molecule has 26 heavy (non-hydrogen) atoms.